The SMILES string of the molecule is CC(C)C1=C(C(=O)N2[C@H](C)CC[C@H]2C(=O)N2CCNC3(CC3)C2)SC2=N[C@@](C)(c3ccc(Cl)c(N)c3)[C@@H](c3ccc(Cl)c(F)c3)N21. The summed E-state index contributed by atoms with van der Waals surface area (Å²) in [6.07, 6.45) is 3.58. The Hall–Kier alpha value is -2.79. The Bertz CT molecular complexity index is 1700. The van der Waals surface area contributed by atoms with Crippen molar-refractivity contribution < 1.29 is 14.0 Å². The van der Waals surface area contributed by atoms with Gasteiger partial charge < -0.3 is 25.8 Å². The van der Waals surface area contributed by atoms with Crippen LogP contribution in [0.3, 0.4) is 0 Å². The Kier molecular flexibility index (Phi) is 7.90. The lowest BCUT2D eigenvalue weighted by Gasteiger charge is -2.38. The van der Waals surface area contributed by atoms with Gasteiger partial charge in [-0.05, 0) is 92.6 Å². The van der Waals surface area contributed by atoms with Gasteiger partial charge in [-0.15, -0.1) is 0 Å². The molecule has 0 unspecified atom stereocenters. The number of rotatable bonds is 5. The van der Waals surface area contributed by atoms with Gasteiger partial charge in [0, 0.05) is 36.9 Å². The monoisotopic (exact) mass is 684 g/mol. The molecule has 2 amide bonds. The van der Waals surface area contributed by atoms with Gasteiger partial charge in [0.1, 0.15) is 22.3 Å². The van der Waals surface area contributed by atoms with E-state index in [0.29, 0.717) is 45.9 Å². The number of thioether (sulfide) groups is 1. The van der Waals surface area contributed by atoms with Crippen LogP contribution in [-0.2, 0) is 15.1 Å². The zero-order valence-electron chi connectivity index (χ0n) is 26.4. The number of hydrogen-bond acceptors (Lipinski definition) is 7. The number of anilines is 1. The summed E-state index contributed by atoms with van der Waals surface area (Å²) in [6, 6.07) is 9.18. The van der Waals surface area contributed by atoms with E-state index >= 15 is 4.39 Å². The van der Waals surface area contributed by atoms with E-state index in [0.717, 1.165) is 37.1 Å². The van der Waals surface area contributed by atoms with Crippen LogP contribution in [0.2, 0.25) is 10.0 Å². The Morgan fingerprint density at radius 2 is 1.87 bits per heavy atom. The molecule has 4 atom stereocenters. The van der Waals surface area contributed by atoms with Crippen LogP contribution in [0.1, 0.15) is 70.5 Å². The highest BCUT2D eigenvalue weighted by molar-refractivity contribution is 8.18. The van der Waals surface area contributed by atoms with Crippen molar-refractivity contribution in [3.63, 3.8) is 0 Å². The molecule has 0 radical (unpaired) electrons. The molecule has 2 aromatic rings. The first kappa shape index (κ1) is 31.8. The summed E-state index contributed by atoms with van der Waals surface area (Å²) in [5, 5.41) is 4.69. The number of hydrogen-bond donors (Lipinski definition) is 2. The Morgan fingerprint density at radius 1 is 1.13 bits per heavy atom. The van der Waals surface area contributed by atoms with E-state index in [1.807, 2.05) is 55.7 Å². The molecule has 8 nitrogen and oxygen atoms in total. The molecule has 1 aliphatic carbocycles. The summed E-state index contributed by atoms with van der Waals surface area (Å²) in [7, 11) is 0. The molecule has 2 aromatic carbocycles. The first-order chi connectivity index (χ1) is 21.8. The first-order valence-electron chi connectivity index (χ1n) is 16.0. The number of nitrogens with one attached hydrogen (secondary N) is 1. The number of fused-ring (bicyclic) bond motifs is 1. The van der Waals surface area contributed by atoms with Crippen molar-refractivity contribution >= 4 is 57.6 Å². The fraction of sp³-hybridized carbons (Fsp3) is 0.500. The summed E-state index contributed by atoms with van der Waals surface area (Å²) < 4.78 is 15.0. The number of halogens is 3. The Morgan fingerprint density at radius 3 is 2.54 bits per heavy atom. The highest BCUT2D eigenvalue weighted by Crippen LogP contribution is 2.57. The van der Waals surface area contributed by atoms with Crippen molar-refractivity contribution in [1.29, 1.82) is 0 Å². The predicted molar refractivity (Wildman–Crippen MR) is 182 cm³/mol. The molecule has 46 heavy (non-hydrogen) atoms. The zero-order chi connectivity index (χ0) is 32.7. The molecule has 2 saturated heterocycles. The average molecular weight is 686 g/mol. The van der Waals surface area contributed by atoms with Gasteiger partial charge in [0.15, 0.2) is 5.17 Å². The number of nitrogens with two attached hydrogens (primary N) is 1. The first-order valence-corrected chi connectivity index (χ1v) is 17.6. The number of nitrogen functional groups attached to an aromatic ring is 1. The van der Waals surface area contributed by atoms with Gasteiger partial charge in [-0.2, -0.15) is 0 Å². The van der Waals surface area contributed by atoms with Crippen LogP contribution in [0.25, 0.3) is 0 Å². The average Bonchev–Trinajstić information content (AvgIpc) is 3.34. The predicted octanol–water partition coefficient (Wildman–Crippen LogP) is 6.30. The van der Waals surface area contributed by atoms with Gasteiger partial charge in [-0.25, -0.2) is 9.38 Å². The van der Waals surface area contributed by atoms with Crippen molar-refractivity contribution in [3.05, 3.63) is 74.0 Å². The molecule has 3 fully saturated rings. The van der Waals surface area contributed by atoms with Crippen LogP contribution in [0.15, 0.2) is 52.0 Å². The van der Waals surface area contributed by atoms with Gasteiger partial charge in [0.05, 0.1) is 21.8 Å². The molecule has 5 aliphatic rings. The van der Waals surface area contributed by atoms with Crippen LogP contribution in [0.5, 0.6) is 0 Å². The minimum atomic E-state index is -0.892. The van der Waals surface area contributed by atoms with Gasteiger partial charge in [0.2, 0.25) is 5.91 Å². The molecule has 1 saturated carbocycles. The minimum absolute atomic E-state index is 0.0300. The largest absolute Gasteiger partial charge is 0.398 e. The number of carbonyl (C=O) groups excluding carboxylic acids is 2. The lowest BCUT2D eigenvalue weighted by Crippen LogP contribution is -2.58. The quantitative estimate of drug-likeness (QED) is 0.359. The number of amides is 2. The van der Waals surface area contributed by atoms with Crippen molar-refractivity contribution in [3.8, 4) is 0 Å². The second-order valence-corrected chi connectivity index (χ2v) is 15.6. The maximum absolute atomic E-state index is 15.0. The van der Waals surface area contributed by atoms with Crippen LogP contribution >= 0.6 is 35.0 Å². The standard InChI is InChI=1S/C34H39Cl2FN6O2S/c1-18(2)27-28(31(45)42-19(3)5-10-26(42)30(44)41-14-13-39-34(17-41)11-12-34)46-32-40-33(4,21-7-9-23(36)25(38)16-21)29(43(27)32)20-6-8-22(35)24(37)15-20/h6-9,15-16,18-19,26,29,39H,5,10-14,17,38H2,1-4H3/t19-,26+,29-,33+/m1/s1. The molecule has 7 rings (SSSR count). The molecular formula is C34H39Cl2FN6O2S. The van der Waals surface area contributed by atoms with E-state index in [1.54, 1.807) is 12.1 Å². The third-order valence-corrected chi connectivity index (χ3v) is 12.0. The summed E-state index contributed by atoms with van der Waals surface area (Å²) >= 11 is 13.8. The summed E-state index contributed by atoms with van der Waals surface area (Å²) in [5.41, 5.74) is 8.13. The number of piperazine rings is 1. The number of aliphatic imine (C=N–C) groups is 1. The topological polar surface area (TPSA) is 94.3 Å². The van der Waals surface area contributed by atoms with Gasteiger partial charge >= 0.3 is 0 Å². The fourth-order valence-corrected chi connectivity index (χ4v) is 9.29. The zero-order valence-corrected chi connectivity index (χ0v) is 28.8. The maximum Gasteiger partial charge on any atom is 0.263 e. The minimum Gasteiger partial charge on any atom is -0.398 e. The molecule has 12 heteroatoms. The van der Waals surface area contributed by atoms with E-state index in [-0.39, 0.29) is 34.3 Å². The summed E-state index contributed by atoms with van der Waals surface area (Å²) in [6.45, 7) is 10.3. The number of amidine groups is 1. The molecule has 1 spiro atoms. The van der Waals surface area contributed by atoms with E-state index in [1.165, 1.54) is 17.8 Å². The maximum atomic E-state index is 15.0. The van der Waals surface area contributed by atoms with E-state index in [4.69, 9.17) is 33.9 Å². The number of carbonyl (C=O) groups is 2. The van der Waals surface area contributed by atoms with Gasteiger partial charge in [0.25, 0.3) is 5.91 Å². The Balaban J connectivity index is 1.28. The lowest BCUT2D eigenvalue weighted by molar-refractivity contribution is -0.144. The lowest BCUT2D eigenvalue weighted by atomic mass is 9.81. The van der Waals surface area contributed by atoms with Gasteiger partial charge in [-0.1, -0.05) is 49.2 Å². The van der Waals surface area contributed by atoms with Crippen LogP contribution < -0.4 is 11.1 Å². The van der Waals surface area contributed by atoms with E-state index in [2.05, 4.69) is 10.2 Å². The van der Waals surface area contributed by atoms with E-state index < -0.39 is 23.4 Å². The van der Waals surface area contributed by atoms with Crippen molar-refractivity contribution in [1.82, 2.24) is 20.0 Å². The number of likely N-dealkylation sites (tertiary alicyclic amines) is 1. The molecule has 244 valence electrons. The van der Waals surface area contributed by atoms with Crippen molar-refractivity contribution in [2.45, 2.75) is 82.6 Å². The summed E-state index contributed by atoms with van der Waals surface area (Å²) in [5.74, 6) is -0.715. The Labute approximate surface area is 283 Å². The fourth-order valence-electron chi connectivity index (χ4n) is 7.70. The smallest absolute Gasteiger partial charge is 0.263 e. The molecule has 0 bridgehead atoms. The number of allylic oxidation sites excluding steroid dienone is 1. The number of nitrogens with zero attached hydrogens (tertiary/aromatic N) is 4. The number of benzene rings is 2. The van der Waals surface area contributed by atoms with Gasteiger partial charge in [-0.3, -0.25) is 9.59 Å². The van der Waals surface area contributed by atoms with Crippen molar-refractivity contribution in [2.24, 2.45) is 10.9 Å². The van der Waals surface area contributed by atoms with Crippen LogP contribution in [-0.4, -0.2) is 68.9 Å². The van der Waals surface area contributed by atoms with E-state index in [9.17, 15) is 9.59 Å². The molecule has 4 heterocycles. The normalized spacial score (nSPS) is 28.4. The van der Waals surface area contributed by atoms with Crippen LogP contribution in [0, 0.1) is 11.7 Å². The second-order valence-electron chi connectivity index (χ2n) is 13.8. The molecule has 0 aromatic heterocycles. The van der Waals surface area contributed by atoms with Crippen LogP contribution in [0.4, 0.5) is 10.1 Å². The molecule has 4 aliphatic heterocycles. The van der Waals surface area contributed by atoms with Crippen molar-refractivity contribution in [2.75, 3.05) is 25.4 Å². The second kappa shape index (κ2) is 11.4. The summed E-state index contributed by atoms with van der Waals surface area (Å²) in [4.78, 5) is 40.3. The molecular weight excluding hydrogens is 646 g/mol. The third kappa shape index (κ3) is 5.11. The third-order valence-electron chi connectivity index (χ3n) is 10.3. The highest BCUT2D eigenvalue weighted by atomic mass is 35.5. The molecule has 3 N–H and O–H groups in total. The highest BCUT2D eigenvalue weighted by Gasteiger charge is 2.55.